The maximum atomic E-state index is 12.9. The molecule has 0 radical (unpaired) electrons. The van der Waals surface area contributed by atoms with Gasteiger partial charge in [0.15, 0.2) is 0 Å². The molecule has 1 amide bonds. The fourth-order valence-electron chi connectivity index (χ4n) is 2.73. The Bertz CT molecular complexity index is 1000. The van der Waals surface area contributed by atoms with Gasteiger partial charge in [-0.1, -0.05) is 11.6 Å². The molecule has 1 heterocycles. The van der Waals surface area contributed by atoms with Gasteiger partial charge in [0, 0.05) is 24.3 Å². The predicted molar refractivity (Wildman–Crippen MR) is 100 cm³/mol. The van der Waals surface area contributed by atoms with E-state index in [-0.39, 0.29) is 16.6 Å². The summed E-state index contributed by atoms with van der Waals surface area (Å²) in [7, 11) is -4.37. The highest BCUT2D eigenvalue weighted by Crippen LogP contribution is 2.34. The van der Waals surface area contributed by atoms with Crippen LogP contribution in [0, 0.1) is 0 Å². The lowest BCUT2D eigenvalue weighted by Gasteiger charge is -2.26. The van der Waals surface area contributed by atoms with Crippen LogP contribution >= 0.6 is 11.6 Å². The van der Waals surface area contributed by atoms with E-state index in [1.165, 1.54) is 24.3 Å². The van der Waals surface area contributed by atoms with Gasteiger partial charge in [-0.3, -0.25) is 9.52 Å². The van der Waals surface area contributed by atoms with Gasteiger partial charge in [-0.15, -0.1) is 0 Å². The Balaban J connectivity index is 1.80. The summed E-state index contributed by atoms with van der Waals surface area (Å²) in [6, 6.07) is 7.63. The second-order valence-corrected chi connectivity index (χ2v) is 8.29. The molecule has 1 aliphatic rings. The summed E-state index contributed by atoms with van der Waals surface area (Å²) in [6.07, 6.45) is -4.71. The van der Waals surface area contributed by atoms with Crippen molar-refractivity contribution >= 4 is 33.2 Å². The fourth-order valence-corrected chi connectivity index (χ4v) is 4.31. The molecule has 1 fully saturated rings. The minimum atomic E-state index is -4.71. The number of nitrogens with zero attached hydrogens (tertiary/aromatic N) is 1. The number of carbonyl (C=O) groups is 1. The van der Waals surface area contributed by atoms with Crippen molar-refractivity contribution < 1.29 is 31.1 Å². The third-order valence-electron chi connectivity index (χ3n) is 4.23. The molecule has 11 heteroatoms. The molecule has 0 saturated carbocycles. The highest BCUT2D eigenvalue weighted by Gasteiger charge is 2.32. The van der Waals surface area contributed by atoms with Crippen LogP contribution < -0.4 is 4.72 Å². The van der Waals surface area contributed by atoms with Gasteiger partial charge in [-0.05, 0) is 42.5 Å². The number of hydrogen-bond acceptors (Lipinski definition) is 4. The van der Waals surface area contributed by atoms with Crippen LogP contribution in [-0.4, -0.2) is 45.5 Å². The molecule has 0 bridgehead atoms. The number of halogens is 4. The molecular formula is C18H16ClF3N2O4S. The van der Waals surface area contributed by atoms with Crippen LogP contribution in [0.5, 0.6) is 0 Å². The van der Waals surface area contributed by atoms with Gasteiger partial charge in [0.05, 0.1) is 23.8 Å². The number of amides is 1. The molecule has 0 aromatic heterocycles. The number of rotatable bonds is 4. The van der Waals surface area contributed by atoms with Crippen LogP contribution in [0.4, 0.5) is 18.9 Å². The van der Waals surface area contributed by atoms with Crippen molar-refractivity contribution in [2.75, 3.05) is 31.0 Å². The van der Waals surface area contributed by atoms with E-state index >= 15 is 0 Å². The number of carbonyl (C=O) groups excluding carboxylic acids is 1. The van der Waals surface area contributed by atoms with Crippen LogP contribution in [-0.2, 0) is 20.9 Å². The first-order chi connectivity index (χ1) is 13.6. The van der Waals surface area contributed by atoms with Crippen molar-refractivity contribution in [2.24, 2.45) is 0 Å². The quantitative estimate of drug-likeness (QED) is 0.775. The summed E-state index contributed by atoms with van der Waals surface area (Å²) in [5.74, 6) is -0.219. The molecule has 6 nitrogen and oxygen atoms in total. The van der Waals surface area contributed by atoms with Gasteiger partial charge in [-0.25, -0.2) is 8.42 Å². The molecule has 1 aliphatic heterocycles. The minimum absolute atomic E-state index is 0.0806. The molecule has 156 valence electrons. The number of alkyl halides is 3. The topological polar surface area (TPSA) is 75.7 Å². The smallest absolute Gasteiger partial charge is 0.378 e. The number of nitrogens with one attached hydrogen (secondary N) is 1. The molecule has 1 saturated heterocycles. The highest BCUT2D eigenvalue weighted by molar-refractivity contribution is 7.92. The van der Waals surface area contributed by atoms with Gasteiger partial charge in [0.25, 0.3) is 15.9 Å². The molecule has 3 rings (SSSR count). The van der Waals surface area contributed by atoms with E-state index in [9.17, 15) is 26.4 Å². The highest BCUT2D eigenvalue weighted by atomic mass is 35.5. The molecule has 29 heavy (non-hydrogen) atoms. The summed E-state index contributed by atoms with van der Waals surface area (Å²) in [4.78, 5) is 13.3. The number of anilines is 1. The standard InChI is InChI=1S/C18H16ClF3N2O4S/c19-15-6-3-13(18(20,21)22)11-16(15)29(26,27)23-14-4-1-12(2-5-14)17(25)24-7-9-28-10-8-24/h1-6,11,23H,7-10H2. The van der Waals surface area contributed by atoms with Gasteiger partial charge in [0.1, 0.15) is 4.90 Å². The predicted octanol–water partition coefficient (Wildman–Crippen LogP) is 3.63. The van der Waals surface area contributed by atoms with Gasteiger partial charge in [0.2, 0.25) is 0 Å². The van der Waals surface area contributed by atoms with E-state index in [1.807, 2.05) is 0 Å². The second kappa shape index (κ2) is 8.21. The molecule has 0 unspecified atom stereocenters. The Morgan fingerprint density at radius 2 is 1.69 bits per heavy atom. The lowest BCUT2D eigenvalue weighted by molar-refractivity contribution is -0.137. The fraction of sp³-hybridized carbons (Fsp3) is 0.278. The van der Waals surface area contributed by atoms with E-state index in [4.69, 9.17) is 16.3 Å². The van der Waals surface area contributed by atoms with E-state index in [0.717, 1.165) is 6.07 Å². The number of morpholine rings is 1. The third kappa shape index (κ3) is 5.01. The number of sulfonamides is 1. The van der Waals surface area contributed by atoms with Crippen LogP contribution in [0.2, 0.25) is 5.02 Å². The second-order valence-electron chi connectivity index (χ2n) is 6.23. The van der Waals surface area contributed by atoms with E-state index in [1.54, 1.807) is 4.90 Å². The Hall–Kier alpha value is -2.30. The molecule has 1 N–H and O–H groups in total. The summed E-state index contributed by atoms with van der Waals surface area (Å²) >= 11 is 5.80. The van der Waals surface area contributed by atoms with Crippen molar-refractivity contribution in [3.05, 3.63) is 58.6 Å². The van der Waals surface area contributed by atoms with Crippen LogP contribution in [0.15, 0.2) is 47.4 Å². The first-order valence-electron chi connectivity index (χ1n) is 8.44. The number of ether oxygens (including phenoxy) is 1. The first-order valence-corrected chi connectivity index (χ1v) is 10.3. The van der Waals surface area contributed by atoms with Gasteiger partial charge < -0.3 is 9.64 Å². The average Bonchev–Trinajstić information content (AvgIpc) is 2.67. The van der Waals surface area contributed by atoms with Crippen LogP contribution in [0.25, 0.3) is 0 Å². The van der Waals surface area contributed by atoms with Crippen molar-refractivity contribution in [1.82, 2.24) is 4.90 Å². The maximum absolute atomic E-state index is 12.9. The maximum Gasteiger partial charge on any atom is 0.416 e. The molecule has 0 spiro atoms. The normalized spacial score (nSPS) is 15.2. The summed E-state index contributed by atoms with van der Waals surface area (Å²) in [5.41, 5.74) is -0.697. The van der Waals surface area contributed by atoms with Crippen molar-refractivity contribution in [2.45, 2.75) is 11.1 Å². The zero-order valence-electron chi connectivity index (χ0n) is 14.9. The van der Waals surface area contributed by atoms with E-state index in [0.29, 0.717) is 44.0 Å². The van der Waals surface area contributed by atoms with Crippen molar-refractivity contribution in [3.8, 4) is 0 Å². The molecule has 2 aromatic carbocycles. The van der Waals surface area contributed by atoms with Crippen LogP contribution in [0.3, 0.4) is 0 Å². The molecule has 0 aliphatic carbocycles. The zero-order valence-corrected chi connectivity index (χ0v) is 16.4. The van der Waals surface area contributed by atoms with Crippen molar-refractivity contribution in [3.63, 3.8) is 0 Å². The Kier molecular flexibility index (Phi) is 6.06. The number of hydrogen-bond donors (Lipinski definition) is 1. The van der Waals surface area contributed by atoms with E-state index < -0.39 is 26.7 Å². The zero-order chi connectivity index (χ0) is 21.2. The summed E-state index contributed by atoms with van der Waals surface area (Å²) in [5, 5.41) is -0.343. The summed E-state index contributed by atoms with van der Waals surface area (Å²) in [6.45, 7) is 1.81. The Labute approximate surface area is 170 Å². The summed E-state index contributed by atoms with van der Waals surface area (Å²) < 4.78 is 71.1. The molecular weight excluding hydrogens is 433 g/mol. The minimum Gasteiger partial charge on any atom is -0.378 e. The molecule has 0 atom stereocenters. The Morgan fingerprint density at radius 3 is 2.28 bits per heavy atom. The van der Waals surface area contributed by atoms with Gasteiger partial charge >= 0.3 is 6.18 Å². The molecule has 2 aromatic rings. The van der Waals surface area contributed by atoms with E-state index in [2.05, 4.69) is 4.72 Å². The average molecular weight is 449 g/mol. The Morgan fingerprint density at radius 1 is 1.07 bits per heavy atom. The lowest BCUT2D eigenvalue weighted by atomic mass is 10.2. The number of benzene rings is 2. The van der Waals surface area contributed by atoms with Crippen molar-refractivity contribution in [1.29, 1.82) is 0 Å². The lowest BCUT2D eigenvalue weighted by Crippen LogP contribution is -2.40. The largest absolute Gasteiger partial charge is 0.416 e. The van der Waals surface area contributed by atoms with Gasteiger partial charge in [-0.2, -0.15) is 13.2 Å². The monoisotopic (exact) mass is 448 g/mol. The SMILES string of the molecule is O=C(c1ccc(NS(=O)(=O)c2cc(C(F)(F)F)ccc2Cl)cc1)N1CCOCC1. The third-order valence-corrected chi connectivity index (χ3v) is 6.09. The first kappa shape index (κ1) is 21.4. The van der Waals surface area contributed by atoms with Crippen LogP contribution in [0.1, 0.15) is 15.9 Å².